The Labute approximate surface area is 150 Å². The Hall–Kier alpha value is -2.67. The van der Waals surface area contributed by atoms with Crippen molar-refractivity contribution in [1.29, 1.82) is 0 Å². The zero-order valence-corrected chi connectivity index (χ0v) is 14.9. The van der Waals surface area contributed by atoms with Crippen molar-refractivity contribution in [3.05, 3.63) is 52.2 Å². The number of anilines is 1. The molecule has 0 aliphatic rings. The van der Waals surface area contributed by atoms with Gasteiger partial charge >= 0.3 is 5.97 Å². The summed E-state index contributed by atoms with van der Waals surface area (Å²) in [6, 6.07) is 10.5. The zero-order chi connectivity index (χ0) is 18.4. The third kappa shape index (κ3) is 5.42. The highest BCUT2D eigenvalue weighted by atomic mass is 32.1. The van der Waals surface area contributed by atoms with E-state index in [4.69, 9.17) is 5.11 Å². The minimum Gasteiger partial charge on any atom is -0.481 e. The Kier molecular flexibility index (Phi) is 6.30. The van der Waals surface area contributed by atoms with Gasteiger partial charge in [0.15, 0.2) is 0 Å². The molecule has 6 nitrogen and oxygen atoms in total. The molecular formula is C18H20N2O4S. The van der Waals surface area contributed by atoms with Crippen LogP contribution < -0.4 is 5.32 Å². The molecule has 132 valence electrons. The Morgan fingerprint density at radius 1 is 1.20 bits per heavy atom. The average molecular weight is 360 g/mol. The lowest BCUT2D eigenvalue weighted by Gasteiger charge is -2.16. The van der Waals surface area contributed by atoms with Gasteiger partial charge in [-0.3, -0.25) is 14.4 Å². The fourth-order valence-corrected chi connectivity index (χ4v) is 2.96. The second kappa shape index (κ2) is 8.43. The number of thiophene rings is 1. The lowest BCUT2D eigenvalue weighted by atomic mass is 10.0. The largest absolute Gasteiger partial charge is 0.481 e. The highest BCUT2D eigenvalue weighted by Crippen LogP contribution is 2.14. The fourth-order valence-electron chi connectivity index (χ4n) is 2.24. The summed E-state index contributed by atoms with van der Waals surface area (Å²) in [6.45, 7) is 1.60. The van der Waals surface area contributed by atoms with Crippen LogP contribution in [0.4, 0.5) is 5.69 Å². The number of hydrogen-bond acceptors (Lipinski definition) is 4. The van der Waals surface area contributed by atoms with E-state index < -0.39 is 11.9 Å². The van der Waals surface area contributed by atoms with Crippen LogP contribution in [0.2, 0.25) is 0 Å². The van der Waals surface area contributed by atoms with Gasteiger partial charge in [0.1, 0.15) is 0 Å². The third-order valence-electron chi connectivity index (χ3n) is 3.66. The number of benzene rings is 1. The van der Waals surface area contributed by atoms with E-state index in [1.165, 1.54) is 16.2 Å². The van der Waals surface area contributed by atoms with Crippen LogP contribution in [0.3, 0.4) is 0 Å². The molecule has 0 radical (unpaired) electrons. The topological polar surface area (TPSA) is 86.7 Å². The van der Waals surface area contributed by atoms with Crippen molar-refractivity contribution in [3.8, 4) is 0 Å². The third-order valence-corrected chi connectivity index (χ3v) is 4.52. The Morgan fingerprint density at radius 2 is 1.88 bits per heavy atom. The second-order valence-corrected chi connectivity index (χ2v) is 6.77. The first-order chi connectivity index (χ1) is 11.9. The normalized spacial score (nSPS) is 11.6. The van der Waals surface area contributed by atoms with Crippen molar-refractivity contribution in [2.75, 3.05) is 18.9 Å². The molecule has 1 heterocycles. The van der Waals surface area contributed by atoms with Crippen LogP contribution in [0.5, 0.6) is 0 Å². The maximum absolute atomic E-state index is 12.1. The molecule has 2 N–H and O–H groups in total. The van der Waals surface area contributed by atoms with Crippen molar-refractivity contribution in [3.63, 3.8) is 0 Å². The van der Waals surface area contributed by atoms with Crippen LogP contribution >= 0.6 is 11.3 Å². The van der Waals surface area contributed by atoms with Gasteiger partial charge in [-0.2, -0.15) is 0 Å². The molecule has 2 rings (SSSR count). The molecule has 0 fully saturated rings. The number of carboxylic acid groups (broad SMARTS) is 1. The van der Waals surface area contributed by atoms with Gasteiger partial charge in [0, 0.05) is 12.7 Å². The molecule has 7 heteroatoms. The van der Waals surface area contributed by atoms with E-state index in [1.807, 2.05) is 5.38 Å². The molecule has 0 spiro atoms. The van der Waals surface area contributed by atoms with Crippen molar-refractivity contribution in [2.24, 2.45) is 5.92 Å². The lowest BCUT2D eigenvalue weighted by molar-refractivity contribution is -0.141. The van der Waals surface area contributed by atoms with Crippen LogP contribution in [0.25, 0.3) is 0 Å². The van der Waals surface area contributed by atoms with Gasteiger partial charge in [-0.05, 0) is 35.6 Å². The maximum Gasteiger partial charge on any atom is 0.306 e. The number of likely N-dealkylation sites (N-methyl/N-ethyl adjacent to an activating group) is 1. The van der Waals surface area contributed by atoms with Crippen LogP contribution in [0.1, 0.15) is 22.2 Å². The molecule has 1 aromatic heterocycles. The molecule has 1 unspecified atom stereocenters. The second-order valence-electron chi connectivity index (χ2n) is 5.83. The van der Waals surface area contributed by atoms with Crippen molar-refractivity contribution >= 4 is 34.8 Å². The van der Waals surface area contributed by atoms with Crippen LogP contribution in [0, 0.1) is 5.92 Å². The molecule has 0 bridgehead atoms. The minimum absolute atomic E-state index is 0.0471. The molecule has 2 amide bonds. The number of carbonyl (C=O) groups excluding carboxylic acids is 2. The first-order valence-corrected chi connectivity index (χ1v) is 8.65. The number of aliphatic carboxylic acids is 1. The monoisotopic (exact) mass is 360 g/mol. The Bertz CT molecular complexity index is 741. The molecule has 1 atom stereocenters. The molecule has 1 aromatic carbocycles. The smallest absolute Gasteiger partial charge is 0.306 e. The number of nitrogens with zero attached hydrogens (tertiary/aromatic N) is 1. The first kappa shape index (κ1) is 18.7. The highest BCUT2D eigenvalue weighted by Gasteiger charge is 2.16. The molecule has 0 aliphatic carbocycles. The number of nitrogens with one attached hydrogen (secondary N) is 1. The van der Waals surface area contributed by atoms with Crippen molar-refractivity contribution < 1.29 is 19.5 Å². The number of hydrogen-bond donors (Lipinski definition) is 2. The summed E-state index contributed by atoms with van der Waals surface area (Å²) in [5.41, 5.74) is 1.49. The van der Waals surface area contributed by atoms with E-state index in [2.05, 4.69) is 5.32 Å². The van der Waals surface area contributed by atoms with Gasteiger partial charge in [-0.1, -0.05) is 25.1 Å². The highest BCUT2D eigenvalue weighted by molar-refractivity contribution is 7.12. The number of carbonyl (C=O) groups is 3. The summed E-state index contributed by atoms with van der Waals surface area (Å²) in [5, 5.41) is 13.5. The quantitative estimate of drug-likeness (QED) is 0.795. The van der Waals surface area contributed by atoms with Crippen molar-refractivity contribution in [2.45, 2.75) is 13.3 Å². The number of carboxylic acids is 1. The summed E-state index contributed by atoms with van der Waals surface area (Å²) in [7, 11) is 1.58. The van der Waals surface area contributed by atoms with Gasteiger partial charge in [-0.15, -0.1) is 11.3 Å². The van der Waals surface area contributed by atoms with E-state index in [0.717, 1.165) is 5.56 Å². The van der Waals surface area contributed by atoms with Gasteiger partial charge in [0.05, 0.1) is 17.3 Å². The standard InChI is InChI=1S/C18H20N2O4S/c1-12(18(23)24)10-13-5-7-14(8-6-13)19-16(21)11-20(2)17(22)15-4-3-9-25-15/h3-9,12H,10-11H2,1-2H3,(H,19,21)(H,23,24). The van der Waals surface area contributed by atoms with Gasteiger partial charge in [0.25, 0.3) is 5.91 Å². The SMILES string of the molecule is CC(Cc1ccc(NC(=O)CN(C)C(=O)c2cccs2)cc1)C(=O)O. The van der Waals surface area contributed by atoms with E-state index in [-0.39, 0.29) is 18.4 Å². The number of amides is 2. The minimum atomic E-state index is -0.837. The van der Waals surface area contributed by atoms with Gasteiger partial charge < -0.3 is 15.3 Å². The van der Waals surface area contributed by atoms with Gasteiger partial charge in [0.2, 0.25) is 5.91 Å². The summed E-state index contributed by atoms with van der Waals surface area (Å²) in [6.07, 6.45) is 0.432. The number of rotatable bonds is 7. The zero-order valence-electron chi connectivity index (χ0n) is 14.1. The maximum atomic E-state index is 12.1. The molecule has 0 saturated heterocycles. The predicted octanol–water partition coefficient (Wildman–Crippen LogP) is 2.72. The summed E-state index contributed by atoms with van der Waals surface area (Å²) >= 11 is 1.33. The molecule has 0 saturated carbocycles. The fraction of sp³-hybridized carbons (Fsp3) is 0.278. The van der Waals surface area contributed by atoms with Crippen molar-refractivity contribution in [1.82, 2.24) is 4.90 Å². The van der Waals surface area contributed by atoms with E-state index >= 15 is 0 Å². The molecule has 2 aromatic rings. The van der Waals surface area contributed by atoms with Crippen LogP contribution in [-0.4, -0.2) is 41.4 Å². The van der Waals surface area contributed by atoms with E-state index in [0.29, 0.717) is 17.0 Å². The predicted molar refractivity (Wildman–Crippen MR) is 96.9 cm³/mol. The summed E-state index contributed by atoms with van der Waals surface area (Å²) in [5.74, 6) is -1.78. The first-order valence-electron chi connectivity index (χ1n) is 7.77. The summed E-state index contributed by atoms with van der Waals surface area (Å²) < 4.78 is 0. The Balaban J connectivity index is 1.88. The molecular weight excluding hydrogens is 340 g/mol. The molecule has 25 heavy (non-hydrogen) atoms. The summed E-state index contributed by atoms with van der Waals surface area (Å²) in [4.78, 5) is 37.0. The molecule has 0 aliphatic heterocycles. The van der Waals surface area contributed by atoms with E-state index in [9.17, 15) is 14.4 Å². The average Bonchev–Trinajstić information content (AvgIpc) is 3.10. The Morgan fingerprint density at radius 3 is 2.44 bits per heavy atom. The van der Waals surface area contributed by atoms with E-state index in [1.54, 1.807) is 50.4 Å². The van der Waals surface area contributed by atoms with Crippen LogP contribution in [0.15, 0.2) is 41.8 Å². The van der Waals surface area contributed by atoms with Gasteiger partial charge in [-0.25, -0.2) is 0 Å². The van der Waals surface area contributed by atoms with Crippen LogP contribution in [-0.2, 0) is 16.0 Å². The lowest BCUT2D eigenvalue weighted by Crippen LogP contribution is -2.34.